The molecule has 0 aromatic heterocycles. The number of likely N-dealkylation sites (tertiary alicyclic amines) is 1. The number of carbonyl (C=O) groups excluding carboxylic acids is 1. The molecule has 1 aromatic carbocycles. The van der Waals surface area contributed by atoms with Gasteiger partial charge in [-0.1, -0.05) is 11.6 Å². The van der Waals surface area contributed by atoms with E-state index in [0.29, 0.717) is 13.1 Å². The van der Waals surface area contributed by atoms with Gasteiger partial charge in [-0.15, -0.1) is 0 Å². The Morgan fingerprint density at radius 2 is 2.26 bits per heavy atom. The Balaban J connectivity index is 2.30. The van der Waals surface area contributed by atoms with E-state index in [1.54, 1.807) is 4.90 Å². The highest BCUT2D eigenvalue weighted by Gasteiger charge is 2.27. The summed E-state index contributed by atoms with van der Waals surface area (Å²) in [4.78, 5) is 24.2. The molecule has 0 radical (unpaired) electrons. The normalized spacial score (nSPS) is 19.3. The lowest BCUT2D eigenvalue weighted by Gasteiger charge is -2.30. The van der Waals surface area contributed by atoms with E-state index in [4.69, 9.17) is 17.3 Å². The molecule has 1 aliphatic rings. The van der Waals surface area contributed by atoms with Crippen molar-refractivity contribution < 1.29 is 9.72 Å². The number of nitro benzene ring substituents is 1. The molecule has 1 fully saturated rings. The summed E-state index contributed by atoms with van der Waals surface area (Å²) in [7, 11) is 0. The zero-order chi connectivity index (χ0) is 14.0. The fraction of sp³-hybridized carbons (Fsp3) is 0.417. The molecule has 1 heterocycles. The standard InChI is InChI=1S/C12H14ClN3O3/c13-8-3-4-10(11(6-8)16(18)19)12(17)15-5-1-2-9(14)7-15/h3-4,6,9H,1-2,5,7,14H2. The summed E-state index contributed by atoms with van der Waals surface area (Å²) < 4.78 is 0. The first-order valence-electron chi connectivity index (χ1n) is 5.98. The van der Waals surface area contributed by atoms with Crippen LogP contribution < -0.4 is 5.73 Å². The SMILES string of the molecule is NC1CCCN(C(=O)c2ccc(Cl)cc2[N+](=O)[O-])C1. The molecule has 1 saturated heterocycles. The third kappa shape index (κ3) is 3.02. The highest BCUT2D eigenvalue weighted by atomic mass is 35.5. The van der Waals surface area contributed by atoms with E-state index in [0.717, 1.165) is 12.8 Å². The molecule has 0 aliphatic carbocycles. The highest BCUT2D eigenvalue weighted by molar-refractivity contribution is 6.31. The van der Waals surface area contributed by atoms with Gasteiger partial charge in [-0.3, -0.25) is 14.9 Å². The van der Waals surface area contributed by atoms with Gasteiger partial charge in [0.05, 0.1) is 4.92 Å². The van der Waals surface area contributed by atoms with Crippen molar-refractivity contribution in [2.24, 2.45) is 5.73 Å². The molecule has 19 heavy (non-hydrogen) atoms. The van der Waals surface area contributed by atoms with E-state index in [1.807, 2.05) is 0 Å². The molecule has 1 atom stereocenters. The number of piperidine rings is 1. The minimum atomic E-state index is -0.594. The zero-order valence-electron chi connectivity index (χ0n) is 10.2. The summed E-state index contributed by atoms with van der Waals surface area (Å²) in [5.74, 6) is -0.362. The number of nitrogens with zero attached hydrogens (tertiary/aromatic N) is 2. The van der Waals surface area contributed by atoms with E-state index in [-0.39, 0.29) is 28.2 Å². The van der Waals surface area contributed by atoms with Crippen LogP contribution in [0.15, 0.2) is 18.2 Å². The predicted octanol–water partition coefficient (Wildman–Crippen LogP) is 1.81. The summed E-state index contributed by atoms with van der Waals surface area (Å²) in [6.07, 6.45) is 1.68. The van der Waals surface area contributed by atoms with Crippen LogP contribution in [0.1, 0.15) is 23.2 Å². The molecule has 1 aliphatic heterocycles. The van der Waals surface area contributed by atoms with E-state index >= 15 is 0 Å². The lowest BCUT2D eigenvalue weighted by molar-refractivity contribution is -0.385. The first kappa shape index (κ1) is 13.8. The van der Waals surface area contributed by atoms with E-state index in [1.165, 1.54) is 18.2 Å². The van der Waals surface area contributed by atoms with Crippen molar-refractivity contribution in [3.63, 3.8) is 0 Å². The lowest BCUT2D eigenvalue weighted by Crippen LogP contribution is -2.45. The van der Waals surface area contributed by atoms with Gasteiger partial charge in [0, 0.05) is 30.2 Å². The highest BCUT2D eigenvalue weighted by Crippen LogP contribution is 2.25. The first-order chi connectivity index (χ1) is 8.99. The number of halogens is 1. The minimum Gasteiger partial charge on any atom is -0.337 e. The largest absolute Gasteiger partial charge is 0.337 e. The topological polar surface area (TPSA) is 89.5 Å². The number of rotatable bonds is 2. The molecule has 2 N–H and O–H groups in total. The molecule has 0 saturated carbocycles. The Morgan fingerprint density at radius 1 is 1.53 bits per heavy atom. The van der Waals surface area contributed by atoms with Gasteiger partial charge in [0.2, 0.25) is 0 Å². The molecule has 1 aromatic rings. The zero-order valence-corrected chi connectivity index (χ0v) is 11.0. The quantitative estimate of drug-likeness (QED) is 0.662. The molecule has 7 heteroatoms. The number of amides is 1. The molecular weight excluding hydrogens is 270 g/mol. The molecular formula is C12H14ClN3O3. The molecule has 102 valence electrons. The Labute approximate surface area is 115 Å². The Kier molecular flexibility index (Phi) is 4.01. The third-order valence-electron chi connectivity index (χ3n) is 3.13. The van der Waals surface area contributed by atoms with Crippen molar-refractivity contribution in [1.82, 2.24) is 4.90 Å². The molecule has 6 nitrogen and oxygen atoms in total. The Hall–Kier alpha value is -1.66. The number of hydrogen-bond donors (Lipinski definition) is 1. The van der Waals surface area contributed by atoms with Crippen LogP contribution in [0.5, 0.6) is 0 Å². The number of benzene rings is 1. The third-order valence-corrected chi connectivity index (χ3v) is 3.37. The number of nitrogens with two attached hydrogens (primary N) is 1. The average Bonchev–Trinajstić information content (AvgIpc) is 2.37. The van der Waals surface area contributed by atoms with Crippen LogP contribution in [-0.4, -0.2) is 34.9 Å². The van der Waals surface area contributed by atoms with Crippen molar-refractivity contribution in [3.8, 4) is 0 Å². The Bertz CT molecular complexity index is 521. The fourth-order valence-electron chi connectivity index (χ4n) is 2.20. The van der Waals surface area contributed by atoms with Gasteiger partial charge in [0.25, 0.3) is 11.6 Å². The summed E-state index contributed by atoms with van der Waals surface area (Å²) in [5.41, 5.74) is 5.61. The fourth-order valence-corrected chi connectivity index (χ4v) is 2.37. The smallest absolute Gasteiger partial charge is 0.283 e. The molecule has 0 spiro atoms. The van der Waals surface area contributed by atoms with E-state index < -0.39 is 4.92 Å². The number of hydrogen-bond acceptors (Lipinski definition) is 4. The number of nitro groups is 1. The number of carbonyl (C=O) groups is 1. The van der Waals surface area contributed by atoms with Gasteiger partial charge in [0.1, 0.15) is 5.56 Å². The van der Waals surface area contributed by atoms with Crippen LogP contribution in [0.25, 0.3) is 0 Å². The van der Waals surface area contributed by atoms with Crippen LogP contribution in [0.2, 0.25) is 5.02 Å². The van der Waals surface area contributed by atoms with Crippen LogP contribution in [0.4, 0.5) is 5.69 Å². The average molecular weight is 284 g/mol. The van der Waals surface area contributed by atoms with Crippen LogP contribution >= 0.6 is 11.6 Å². The second kappa shape index (κ2) is 5.54. The second-order valence-corrected chi connectivity index (χ2v) is 5.01. The maximum absolute atomic E-state index is 12.3. The van der Waals surface area contributed by atoms with Gasteiger partial charge < -0.3 is 10.6 Å². The van der Waals surface area contributed by atoms with Crippen molar-refractivity contribution in [2.45, 2.75) is 18.9 Å². The van der Waals surface area contributed by atoms with Crippen LogP contribution in [0.3, 0.4) is 0 Å². The van der Waals surface area contributed by atoms with E-state index in [2.05, 4.69) is 0 Å². The maximum Gasteiger partial charge on any atom is 0.283 e. The first-order valence-corrected chi connectivity index (χ1v) is 6.35. The van der Waals surface area contributed by atoms with Gasteiger partial charge >= 0.3 is 0 Å². The van der Waals surface area contributed by atoms with Crippen molar-refractivity contribution in [1.29, 1.82) is 0 Å². The Morgan fingerprint density at radius 3 is 2.89 bits per heavy atom. The molecule has 1 amide bonds. The van der Waals surface area contributed by atoms with Crippen molar-refractivity contribution in [2.75, 3.05) is 13.1 Å². The maximum atomic E-state index is 12.3. The molecule has 1 unspecified atom stereocenters. The monoisotopic (exact) mass is 283 g/mol. The van der Waals surface area contributed by atoms with Crippen LogP contribution in [0, 0.1) is 10.1 Å². The van der Waals surface area contributed by atoms with Crippen molar-refractivity contribution >= 4 is 23.2 Å². The summed E-state index contributed by atoms with van der Waals surface area (Å²) in [6.45, 7) is 1.00. The second-order valence-electron chi connectivity index (χ2n) is 4.57. The predicted molar refractivity (Wildman–Crippen MR) is 71.2 cm³/mol. The van der Waals surface area contributed by atoms with Gasteiger partial charge in [0.15, 0.2) is 0 Å². The van der Waals surface area contributed by atoms with Crippen molar-refractivity contribution in [3.05, 3.63) is 38.9 Å². The summed E-state index contributed by atoms with van der Waals surface area (Å²) >= 11 is 5.73. The van der Waals surface area contributed by atoms with Gasteiger partial charge in [-0.05, 0) is 25.0 Å². The molecule has 2 rings (SSSR count). The molecule has 0 bridgehead atoms. The van der Waals surface area contributed by atoms with E-state index in [9.17, 15) is 14.9 Å². The lowest BCUT2D eigenvalue weighted by atomic mass is 10.0. The minimum absolute atomic E-state index is 0.0588. The van der Waals surface area contributed by atoms with Crippen LogP contribution in [-0.2, 0) is 0 Å². The van der Waals surface area contributed by atoms with Gasteiger partial charge in [-0.2, -0.15) is 0 Å². The summed E-state index contributed by atoms with van der Waals surface area (Å²) in [5, 5.41) is 11.2. The van der Waals surface area contributed by atoms with Gasteiger partial charge in [-0.25, -0.2) is 0 Å². The summed E-state index contributed by atoms with van der Waals surface area (Å²) in [6, 6.07) is 4.00.